The zero-order chi connectivity index (χ0) is 19.2. The van der Waals surface area contributed by atoms with Crippen LogP contribution < -0.4 is 5.32 Å². The molecule has 7 nitrogen and oxygen atoms in total. The summed E-state index contributed by atoms with van der Waals surface area (Å²) >= 11 is 0. The minimum Gasteiger partial charge on any atom is -0.345 e. The lowest BCUT2D eigenvalue weighted by atomic mass is 10.2. The minimum absolute atomic E-state index is 0.182. The molecule has 3 aromatic rings. The Kier molecular flexibility index (Phi) is 5.80. The molecule has 3 heterocycles. The fraction of sp³-hybridized carbons (Fsp3) is 0.300. The Bertz CT molecular complexity index is 936. The Hall–Kier alpha value is -3.22. The van der Waals surface area contributed by atoms with E-state index in [4.69, 9.17) is 0 Å². The molecule has 3 rings (SSSR count). The van der Waals surface area contributed by atoms with Gasteiger partial charge in [-0.2, -0.15) is 0 Å². The number of carbonyl (C=O) groups is 2. The van der Waals surface area contributed by atoms with Crippen LogP contribution in [-0.4, -0.2) is 44.7 Å². The number of amides is 2. The molecule has 0 saturated carbocycles. The fourth-order valence-electron chi connectivity index (χ4n) is 2.80. The first kappa shape index (κ1) is 18.6. The van der Waals surface area contributed by atoms with Crippen molar-refractivity contribution in [2.24, 2.45) is 0 Å². The van der Waals surface area contributed by atoms with E-state index < -0.39 is 0 Å². The number of rotatable bonds is 7. The van der Waals surface area contributed by atoms with Crippen LogP contribution in [0.25, 0.3) is 5.52 Å². The van der Waals surface area contributed by atoms with Gasteiger partial charge in [0.2, 0.25) is 5.82 Å². The van der Waals surface area contributed by atoms with Crippen LogP contribution in [0.2, 0.25) is 0 Å². The molecule has 0 aliphatic heterocycles. The number of hydrogen-bond donors (Lipinski definition) is 1. The Morgan fingerprint density at radius 1 is 1.22 bits per heavy atom. The monoisotopic (exact) mass is 365 g/mol. The number of fused-ring (bicyclic) bond motifs is 1. The average Bonchev–Trinajstić information content (AvgIpc) is 3.10. The smallest absolute Gasteiger partial charge is 0.287 e. The van der Waals surface area contributed by atoms with Gasteiger partial charge in [0.1, 0.15) is 0 Å². The highest BCUT2D eigenvalue weighted by Gasteiger charge is 2.23. The molecule has 0 bridgehead atoms. The zero-order valence-corrected chi connectivity index (χ0v) is 15.6. The summed E-state index contributed by atoms with van der Waals surface area (Å²) in [6, 6.07) is 9.13. The Morgan fingerprint density at radius 3 is 2.81 bits per heavy atom. The summed E-state index contributed by atoms with van der Waals surface area (Å²) < 4.78 is 1.65. The van der Waals surface area contributed by atoms with Crippen molar-refractivity contribution in [3.05, 3.63) is 66.0 Å². The van der Waals surface area contributed by atoms with Crippen LogP contribution in [0.1, 0.15) is 46.4 Å². The van der Waals surface area contributed by atoms with E-state index in [2.05, 4.69) is 22.2 Å². The van der Waals surface area contributed by atoms with Crippen molar-refractivity contribution in [2.75, 3.05) is 13.6 Å². The summed E-state index contributed by atoms with van der Waals surface area (Å²) in [6.07, 6.45) is 7.04. The van der Waals surface area contributed by atoms with Crippen molar-refractivity contribution in [2.45, 2.75) is 26.3 Å². The molecule has 0 aromatic carbocycles. The number of aromatic nitrogens is 3. The maximum Gasteiger partial charge on any atom is 0.287 e. The predicted octanol–water partition coefficient (Wildman–Crippen LogP) is 2.53. The van der Waals surface area contributed by atoms with Gasteiger partial charge in [-0.3, -0.25) is 19.0 Å². The maximum atomic E-state index is 12.8. The Labute approximate surface area is 158 Å². The summed E-state index contributed by atoms with van der Waals surface area (Å²) in [5.41, 5.74) is 1.81. The quantitative estimate of drug-likeness (QED) is 0.698. The first-order valence-electron chi connectivity index (χ1n) is 9.01. The molecule has 140 valence electrons. The van der Waals surface area contributed by atoms with E-state index in [0.717, 1.165) is 18.4 Å². The molecule has 0 aliphatic carbocycles. The maximum absolute atomic E-state index is 12.8. The van der Waals surface area contributed by atoms with Crippen molar-refractivity contribution in [3.8, 4) is 0 Å². The fourth-order valence-corrected chi connectivity index (χ4v) is 2.80. The highest BCUT2D eigenvalue weighted by molar-refractivity contribution is 6.02. The molecule has 0 spiro atoms. The van der Waals surface area contributed by atoms with Gasteiger partial charge in [0.25, 0.3) is 11.8 Å². The first-order valence-corrected chi connectivity index (χ1v) is 9.01. The zero-order valence-electron chi connectivity index (χ0n) is 15.6. The topological polar surface area (TPSA) is 79.6 Å². The van der Waals surface area contributed by atoms with Crippen LogP contribution in [0.3, 0.4) is 0 Å². The minimum atomic E-state index is -0.338. The second-order valence-electron chi connectivity index (χ2n) is 6.36. The van der Waals surface area contributed by atoms with E-state index >= 15 is 0 Å². The Balaban J connectivity index is 1.85. The molecular formula is C20H23N5O2. The van der Waals surface area contributed by atoms with E-state index in [1.54, 1.807) is 41.0 Å². The summed E-state index contributed by atoms with van der Waals surface area (Å²) in [5, 5.41) is 2.84. The van der Waals surface area contributed by atoms with Gasteiger partial charge in [-0.1, -0.05) is 25.5 Å². The van der Waals surface area contributed by atoms with Gasteiger partial charge in [0.15, 0.2) is 5.69 Å². The summed E-state index contributed by atoms with van der Waals surface area (Å²) in [6.45, 7) is 3.08. The molecule has 7 heteroatoms. The van der Waals surface area contributed by atoms with E-state index in [1.807, 2.05) is 24.3 Å². The second kappa shape index (κ2) is 8.44. The predicted molar refractivity (Wildman–Crippen MR) is 102 cm³/mol. The summed E-state index contributed by atoms with van der Waals surface area (Å²) in [7, 11) is 1.76. The third kappa shape index (κ3) is 4.13. The largest absolute Gasteiger partial charge is 0.345 e. The van der Waals surface area contributed by atoms with Gasteiger partial charge in [0.05, 0.1) is 5.52 Å². The van der Waals surface area contributed by atoms with Crippen LogP contribution in [-0.2, 0) is 6.54 Å². The van der Waals surface area contributed by atoms with Gasteiger partial charge >= 0.3 is 0 Å². The van der Waals surface area contributed by atoms with E-state index in [1.165, 1.54) is 0 Å². The van der Waals surface area contributed by atoms with Crippen LogP contribution in [0.4, 0.5) is 0 Å². The van der Waals surface area contributed by atoms with Crippen molar-refractivity contribution in [1.82, 2.24) is 24.6 Å². The number of hydrogen-bond acceptors (Lipinski definition) is 4. The lowest BCUT2D eigenvalue weighted by molar-refractivity contribution is 0.0790. The van der Waals surface area contributed by atoms with Crippen molar-refractivity contribution in [3.63, 3.8) is 0 Å². The summed E-state index contributed by atoms with van der Waals surface area (Å²) in [5.74, 6) is -0.324. The second-order valence-corrected chi connectivity index (χ2v) is 6.36. The van der Waals surface area contributed by atoms with E-state index in [-0.39, 0.29) is 17.6 Å². The number of pyridine rings is 2. The number of carbonyl (C=O) groups excluding carboxylic acids is 2. The van der Waals surface area contributed by atoms with Crippen LogP contribution >= 0.6 is 0 Å². The first-order chi connectivity index (χ1) is 13.1. The van der Waals surface area contributed by atoms with Gasteiger partial charge < -0.3 is 10.2 Å². The Morgan fingerprint density at radius 2 is 2.07 bits per heavy atom. The molecule has 3 aromatic heterocycles. The SMILES string of the molecule is CCCCN(C)C(=O)c1nc(C(=O)NCc2cccnc2)n2ccccc12. The normalized spacial score (nSPS) is 10.7. The van der Waals surface area contributed by atoms with Crippen molar-refractivity contribution < 1.29 is 9.59 Å². The molecule has 0 atom stereocenters. The lowest BCUT2D eigenvalue weighted by Gasteiger charge is -2.15. The molecule has 2 amide bonds. The van der Waals surface area contributed by atoms with Crippen LogP contribution in [0, 0.1) is 0 Å². The number of unbranched alkanes of at least 4 members (excludes halogenated alkanes) is 1. The number of nitrogens with one attached hydrogen (secondary N) is 1. The molecule has 1 N–H and O–H groups in total. The highest BCUT2D eigenvalue weighted by atomic mass is 16.2. The molecule has 0 saturated heterocycles. The molecule has 0 unspecified atom stereocenters. The van der Waals surface area contributed by atoms with Crippen molar-refractivity contribution in [1.29, 1.82) is 0 Å². The standard InChI is InChI=1S/C20H23N5O2/c1-3-4-11-24(2)20(27)17-16-9-5-6-12-25(16)18(23-17)19(26)22-14-15-8-7-10-21-13-15/h5-10,12-13H,3-4,11,14H2,1-2H3,(H,22,26). The van der Waals surface area contributed by atoms with Crippen molar-refractivity contribution >= 4 is 17.3 Å². The van der Waals surface area contributed by atoms with Gasteiger partial charge in [-0.15, -0.1) is 0 Å². The number of nitrogens with zero attached hydrogens (tertiary/aromatic N) is 4. The third-order valence-electron chi connectivity index (χ3n) is 4.32. The van der Waals surface area contributed by atoms with E-state index in [0.29, 0.717) is 24.3 Å². The van der Waals surface area contributed by atoms with Gasteiger partial charge in [-0.25, -0.2) is 4.98 Å². The number of imidazole rings is 1. The third-order valence-corrected chi connectivity index (χ3v) is 4.32. The van der Waals surface area contributed by atoms with Gasteiger partial charge in [0, 0.05) is 38.7 Å². The highest BCUT2D eigenvalue weighted by Crippen LogP contribution is 2.15. The molecule has 0 aliphatic rings. The summed E-state index contributed by atoms with van der Waals surface area (Å²) in [4.78, 5) is 35.5. The molecule has 0 radical (unpaired) electrons. The van der Waals surface area contributed by atoms with Crippen LogP contribution in [0.5, 0.6) is 0 Å². The van der Waals surface area contributed by atoms with E-state index in [9.17, 15) is 9.59 Å². The molecule has 27 heavy (non-hydrogen) atoms. The molecule has 0 fully saturated rings. The molecular weight excluding hydrogens is 342 g/mol. The lowest BCUT2D eigenvalue weighted by Crippen LogP contribution is -2.28. The average molecular weight is 365 g/mol. The van der Waals surface area contributed by atoms with Gasteiger partial charge in [-0.05, 0) is 30.2 Å². The van der Waals surface area contributed by atoms with Crippen LogP contribution in [0.15, 0.2) is 48.9 Å².